The summed E-state index contributed by atoms with van der Waals surface area (Å²) in [5.74, 6) is 0.177. The largest absolute Gasteiger partial charge is 0.494 e. The Morgan fingerprint density at radius 2 is 1.70 bits per heavy atom. The molecule has 5 nitrogen and oxygen atoms in total. The second-order valence-corrected chi connectivity index (χ2v) is 7.54. The van der Waals surface area contributed by atoms with E-state index < -0.39 is 18.3 Å². The van der Waals surface area contributed by atoms with Crippen LogP contribution in [-0.2, 0) is 9.31 Å². The van der Waals surface area contributed by atoms with Crippen molar-refractivity contribution in [1.29, 1.82) is 10.8 Å². The highest BCUT2D eigenvalue weighted by molar-refractivity contribution is 6.62. The molecule has 0 bridgehead atoms. The number of rotatable bonds is 6. The lowest BCUT2D eigenvalue weighted by Crippen LogP contribution is -2.41. The summed E-state index contributed by atoms with van der Waals surface area (Å²) >= 11 is 0. The highest BCUT2D eigenvalue weighted by atomic mass is 16.7. The third-order valence-electron chi connectivity index (χ3n) is 5.22. The van der Waals surface area contributed by atoms with Gasteiger partial charge in [0, 0.05) is 12.6 Å². The maximum absolute atomic E-state index is 8.31. The first-order valence-corrected chi connectivity index (χ1v) is 8.85. The molecule has 0 aliphatic carbocycles. The Kier molecular flexibility index (Phi) is 5.93. The smallest absolute Gasteiger partial charge is 0.399 e. The van der Waals surface area contributed by atoms with Gasteiger partial charge in [0.05, 0.1) is 17.5 Å². The summed E-state index contributed by atoms with van der Waals surface area (Å²) in [5, 5.41) is 15.7. The van der Waals surface area contributed by atoms with E-state index in [-0.39, 0.29) is 5.84 Å². The number of likely N-dealkylation sites (N-methyl/N-ethyl adjacent to an activating group) is 1. The molecule has 0 spiro atoms. The molecule has 0 saturated carbocycles. The molecule has 1 aliphatic rings. The fraction of sp³-hybridized carbons (Fsp3) is 0.333. The zero-order valence-corrected chi connectivity index (χ0v) is 16.8. The van der Waals surface area contributed by atoms with E-state index in [9.17, 15) is 0 Å². The Hall–Kier alpha value is -2.44. The fourth-order valence-corrected chi connectivity index (χ4v) is 2.80. The molecule has 1 aliphatic heterocycles. The molecule has 1 heterocycles. The van der Waals surface area contributed by atoms with Crippen molar-refractivity contribution in [1.82, 2.24) is 4.90 Å². The molecule has 142 valence electrons. The summed E-state index contributed by atoms with van der Waals surface area (Å²) in [4.78, 5) is 1.42. The van der Waals surface area contributed by atoms with Crippen LogP contribution in [0.5, 0.6) is 0 Å². The van der Waals surface area contributed by atoms with Gasteiger partial charge in [-0.05, 0) is 44.3 Å². The van der Waals surface area contributed by atoms with E-state index in [0.717, 1.165) is 22.9 Å². The van der Waals surface area contributed by atoms with Gasteiger partial charge in [-0.2, -0.15) is 0 Å². The lowest BCUT2D eigenvalue weighted by atomic mass is 9.77. The molecule has 2 N–H and O–H groups in total. The van der Waals surface area contributed by atoms with Crippen molar-refractivity contribution in [2.75, 3.05) is 7.05 Å². The molecule has 2 rings (SSSR count). The van der Waals surface area contributed by atoms with Gasteiger partial charge in [0.25, 0.3) is 0 Å². The minimum Gasteiger partial charge on any atom is -0.399 e. The van der Waals surface area contributed by atoms with Gasteiger partial charge >= 0.3 is 7.12 Å². The summed E-state index contributed by atoms with van der Waals surface area (Å²) in [7, 11) is 1.19. The van der Waals surface area contributed by atoms with Gasteiger partial charge in [-0.3, -0.25) is 10.8 Å². The summed E-state index contributed by atoms with van der Waals surface area (Å²) in [6.07, 6.45) is 4.40. The lowest BCUT2D eigenvalue weighted by Gasteiger charge is -2.32. The molecule has 6 heteroatoms. The monoisotopic (exact) mass is 365 g/mol. The van der Waals surface area contributed by atoms with Gasteiger partial charge in [0.15, 0.2) is 0 Å². The zero-order valence-electron chi connectivity index (χ0n) is 16.8. The number of allylic oxidation sites excluding steroid dienone is 2. The van der Waals surface area contributed by atoms with Crippen LogP contribution in [-0.4, -0.2) is 42.4 Å². The normalized spacial score (nSPS) is 18.5. The molecule has 0 amide bonds. The van der Waals surface area contributed by atoms with E-state index in [1.165, 1.54) is 4.90 Å². The van der Waals surface area contributed by atoms with Crippen LogP contribution in [0, 0.1) is 10.8 Å². The van der Waals surface area contributed by atoms with Crippen LogP contribution >= 0.6 is 0 Å². The molecule has 27 heavy (non-hydrogen) atoms. The maximum Gasteiger partial charge on any atom is 0.494 e. The number of nitrogens with one attached hydrogen (secondary N) is 2. The van der Waals surface area contributed by atoms with Gasteiger partial charge in [-0.1, -0.05) is 49.6 Å². The predicted molar refractivity (Wildman–Crippen MR) is 114 cm³/mol. The molecular formula is C21H28BN3O2. The zero-order chi connectivity index (χ0) is 20.4. The second-order valence-electron chi connectivity index (χ2n) is 7.54. The SMILES string of the molecule is C=C/C(C(=N)N(C)C=N)=C(\C=C)c1cccc(B2OC(C)(C)C(C)(C)O2)c1. The summed E-state index contributed by atoms with van der Waals surface area (Å²) < 4.78 is 12.3. The first kappa shape index (κ1) is 20.9. The molecule has 0 radical (unpaired) electrons. The predicted octanol–water partition coefficient (Wildman–Crippen LogP) is 3.63. The van der Waals surface area contributed by atoms with E-state index in [4.69, 9.17) is 20.1 Å². The molecule has 0 atom stereocenters. The van der Waals surface area contributed by atoms with Crippen molar-refractivity contribution in [2.45, 2.75) is 38.9 Å². The van der Waals surface area contributed by atoms with E-state index in [0.29, 0.717) is 5.57 Å². The maximum atomic E-state index is 8.31. The van der Waals surface area contributed by atoms with Crippen molar-refractivity contribution in [3.63, 3.8) is 0 Å². The minimum absolute atomic E-state index is 0.177. The third-order valence-corrected chi connectivity index (χ3v) is 5.22. The van der Waals surface area contributed by atoms with Gasteiger partial charge in [-0.25, -0.2) is 0 Å². The molecular weight excluding hydrogens is 337 g/mol. The van der Waals surface area contributed by atoms with Crippen molar-refractivity contribution < 1.29 is 9.31 Å². The van der Waals surface area contributed by atoms with Gasteiger partial charge < -0.3 is 14.2 Å². The Balaban J connectivity index is 2.48. The Morgan fingerprint density at radius 3 is 2.19 bits per heavy atom. The van der Waals surface area contributed by atoms with Crippen molar-refractivity contribution in [3.8, 4) is 0 Å². The number of hydrogen-bond acceptors (Lipinski definition) is 4. The number of benzene rings is 1. The molecule has 1 aromatic carbocycles. The van der Waals surface area contributed by atoms with Gasteiger partial charge in [-0.15, -0.1) is 0 Å². The van der Waals surface area contributed by atoms with Crippen molar-refractivity contribution >= 4 is 30.3 Å². The van der Waals surface area contributed by atoms with E-state index in [2.05, 4.69) is 13.2 Å². The minimum atomic E-state index is -0.461. The first-order chi connectivity index (χ1) is 12.6. The van der Waals surface area contributed by atoms with E-state index in [1.54, 1.807) is 19.2 Å². The third kappa shape index (κ3) is 3.97. The summed E-state index contributed by atoms with van der Waals surface area (Å²) in [5.41, 5.74) is 2.33. The van der Waals surface area contributed by atoms with Crippen LogP contribution in [0.2, 0.25) is 0 Å². The standard InChI is InChI=1S/C21H28BN3O2/c1-8-17(18(9-2)19(24)25(7)14-23)15-11-10-12-16(13-15)22-26-20(3,4)21(5,6)27-22/h8-14,23-24H,1-2H2,3-7H3/b18-17-,23-14?,24-19?. The highest BCUT2D eigenvalue weighted by Gasteiger charge is 2.51. The van der Waals surface area contributed by atoms with Crippen molar-refractivity contribution in [2.24, 2.45) is 0 Å². The Morgan fingerprint density at radius 1 is 1.11 bits per heavy atom. The average Bonchev–Trinajstić information content (AvgIpc) is 2.86. The quantitative estimate of drug-likeness (QED) is 0.350. The highest BCUT2D eigenvalue weighted by Crippen LogP contribution is 2.36. The molecule has 1 aromatic rings. The number of amidine groups is 1. The van der Waals surface area contributed by atoms with Crippen LogP contribution in [0.4, 0.5) is 0 Å². The average molecular weight is 365 g/mol. The lowest BCUT2D eigenvalue weighted by molar-refractivity contribution is 0.00578. The van der Waals surface area contributed by atoms with Gasteiger partial charge in [0.1, 0.15) is 5.84 Å². The molecule has 0 unspecified atom stereocenters. The van der Waals surface area contributed by atoms with E-state index >= 15 is 0 Å². The molecule has 1 saturated heterocycles. The summed E-state index contributed by atoms with van der Waals surface area (Å²) in [6, 6.07) is 7.84. The van der Waals surface area contributed by atoms with Crippen LogP contribution in [0.15, 0.2) is 55.1 Å². The van der Waals surface area contributed by atoms with Crippen LogP contribution in [0.1, 0.15) is 33.3 Å². The second kappa shape index (κ2) is 7.67. The Bertz CT molecular complexity index is 795. The van der Waals surface area contributed by atoms with E-state index in [1.807, 2.05) is 52.0 Å². The van der Waals surface area contributed by atoms with Gasteiger partial charge in [0.2, 0.25) is 0 Å². The van der Waals surface area contributed by atoms with Crippen molar-refractivity contribution in [3.05, 3.63) is 60.7 Å². The molecule has 0 aromatic heterocycles. The van der Waals surface area contributed by atoms with Crippen LogP contribution in [0.25, 0.3) is 5.57 Å². The van der Waals surface area contributed by atoms with Crippen LogP contribution < -0.4 is 5.46 Å². The topological polar surface area (TPSA) is 69.4 Å². The number of hydrogen-bond donors (Lipinski definition) is 2. The van der Waals surface area contributed by atoms with Crippen LogP contribution in [0.3, 0.4) is 0 Å². The number of nitrogens with zero attached hydrogens (tertiary/aromatic N) is 1. The first-order valence-electron chi connectivity index (χ1n) is 8.85. The Labute approximate surface area is 162 Å². The fourth-order valence-electron chi connectivity index (χ4n) is 2.80. The molecule has 1 fully saturated rings. The summed E-state index contributed by atoms with van der Waals surface area (Å²) in [6.45, 7) is 15.8.